The first-order valence-electron chi connectivity index (χ1n) is 7.35. The topological polar surface area (TPSA) is 59.2 Å². The minimum atomic E-state index is -4.48. The molecular weight excluding hydrogens is 295 g/mol. The van der Waals surface area contributed by atoms with Gasteiger partial charge in [-0.2, -0.15) is 13.2 Å². The number of nitrogens with zero attached hydrogens (tertiary/aromatic N) is 2. The van der Waals surface area contributed by atoms with Gasteiger partial charge in [-0.15, -0.1) is 0 Å². The molecule has 3 rings (SSSR count). The highest BCUT2D eigenvalue weighted by Gasteiger charge is 2.49. The zero-order chi connectivity index (χ0) is 16.0. The minimum Gasteiger partial charge on any atom is -0.340 e. The standard InChI is InChI=1S/C15H18F3N3O/c16-15(17,18)11-2-5-20-7-10(11)6-13(22)21-8-12(19)14(9-21)3-1-4-14/h2,5,7,12H,1,3-4,6,8-9,19H2. The average molecular weight is 313 g/mol. The third-order valence-electron chi connectivity index (χ3n) is 4.96. The molecule has 1 aromatic heterocycles. The second kappa shape index (κ2) is 5.22. The molecule has 1 saturated heterocycles. The quantitative estimate of drug-likeness (QED) is 0.908. The fraction of sp³-hybridized carbons (Fsp3) is 0.600. The van der Waals surface area contributed by atoms with Crippen LogP contribution in [-0.4, -0.2) is 34.9 Å². The Balaban J connectivity index is 1.73. The van der Waals surface area contributed by atoms with Gasteiger partial charge < -0.3 is 10.6 Å². The summed E-state index contributed by atoms with van der Waals surface area (Å²) in [5.74, 6) is -0.308. The molecule has 0 aromatic carbocycles. The van der Waals surface area contributed by atoms with Crippen molar-refractivity contribution in [1.82, 2.24) is 9.88 Å². The van der Waals surface area contributed by atoms with Crippen molar-refractivity contribution in [1.29, 1.82) is 0 Å². The molecule has 1 saturated carbocycles. The van der Waals surface area contributed by atoms with E-state index in [0.29, 0.717) is 13.1 Å². The van der Waals surface area contributed by atoms with E-state index in [1.165, 1.54) is 0 Å². The number of alkyl halides is 3. The van der Waals surface area contributed by atoms with Crippen molar-refractivity contribution in [2.24, 2.45) is 11.1 Å². The zero-order valence-electron chi connectivity index (χ0n) is 12.1. The monoisotopic (exact) mass is 313 g/mol. The number of hydrogen-bond acceptors (Lipinski definition) is 3. The van der Waals surface area contributed by atoms with E-state index in [2.05, 4.69) is 4.98 Å². The van der Waals surface area contributed by atoms with Crippen LogP contribution in [0.2, 0.25) is 0 Å². The lowest BCUT2D eigenvalue weighted by atomic mass is 9.66. The fourth-order valence-corrected chi connectivity index (χ4v) is 3.46. The van der Waals surface area contributed by atoms with E-state index in [0.717, 1.165) is 37.7 Å². The lowest BCUT2D eigenvalue weighted by Crippen LogP contribution is -2.45. The highest BCUT2D eigenvalue weighted by molar-refractivity contribution is 5.79. The van der Waals surface area contributed by atoms with Gasteiger partial charge in [-0.1, -0.05) is 6.42 Å². The van der Waals surface area contributed by atoms with Crippen molar-refractivity contribution < 1.29 is 18.0 Å². The van der Waals surface area contributed by atoms with Crippen LogP contribution in [0.25, 0.3) is 0 Å². The molecule has 22 heavy (non-hydrogen) atoms. The van der Waals surface area contributed by atoms with Gasteiger partial charge in [-0.05, 0) is 24.5 Å². The molecule has 1 aliphatic heterocycles. The molecule has 1 amide bonds. The number of likely N-dealkylation sites (tertiary alicyclic amines) is 1. The van der Waals surface area contributed by atoms with Gasteiger partial charge in [-0.25, -0.2) is 0 Å². The van der Waals surface area contributed by atoms with Crippen LogP contribution in [0.5, 0.6) is 0 Å². The second-order valence-electron chi connectivity index (χ2n) is 6.30. The number of nitrogens with two attached hydrogens (primary N) is 1. The van der Waals surface area contributed by atoms with Crippen LogP contribution in [0.3, 0.4) is 0 Å². The molecule has 1 unspecified atom stereocenters. The summed E-state index contributed by atoms with van der Waals surface area (Å²) in [7, 11) is 0. The molecule has 1 aliphatic carbocycles. The molecule has 1 spiro atoms. The molecule has 7 heteroatoms. The summed E-state index contributed by atoms with van der Waals surface area (Å²) in [5, 5.41) is 0. The maximum Gasteiger partial charge on any atom is 0.416 e. The van der Waals surface area contributed by atoms with Gasteiger partial charge in [0.05, 0.1) is 12.0 Å². The summed E-state index contributed by atoms with van der Waals surface area (Å²) in [6.45, 7) is 0.995. The van der Waals surface area contributed by atoms with Crippen LogP contribution >= 0.6 is 0 Å². The largest absolute Gasteiger partial charge is 0.416 e. The second-order valence-corrected chi connectivity index (χ2v) is 6.30. The summed E-state index contributed by atoms with van der Waals surface area (Å²) in [6.07, 6.45) is 0.552. The SMILES string of the molecule is NC1CN(C(=O)Cc2cnccc2C(F)(F)F)CC12CCC2. The summed E-state index contributed by atoms with van der Waals surface area (Å²) >= 11 is 0. The molecule has 120 valence electrons. The predicted octanol–water partition coefficient (Wildman–Crippen LogP) is 1.98. The Labute approximate surface area is 126 Å². The van der Waals surface area contributed by atoms with Crippen LogP contribution in [0, 0.1) is 5.41 Å². The summed E-state index contributed by atoms with van der Waals surface area (Å²) < 4.78 is 38.9. The van der Waals surface area contributed by atoms with Crippen LogP contribution in [0.1, 0.15) is 30.4 Å². The average Bonchev–Trinajstić information content (AvgIpc) is 2.76. The van der Waals surface area contributed by atoms with Gasteiger partial charge in [0, 0.05) is 36.9 Å². The zero-order valence-corrected chi connectivity index (χ0v) is 12.1. The molecule has 2 heterocycles. The molecule has 0 bridgehead atoms. The van der Waals surface area contributed by atoms with Gasteiger partial charge in [0.2, 0.25) is 5.91 Å². The molecule has 1 aromatic rings. The van der Waals surface area contributed by atoms with Crippen LogP contribution in [-0.2, 0) is 17.4 Å². The maximum absolute atomic E-state index is 13.0. The number of aromatic nitrogens is 1. The van der Waals surface area contributed by atoms with E-state index < -0.39 is 11.7 Å². The number of pyridine rings is 1. The van der Waals surface area contributed by atoms with Gasteiger partial charge >= 0.3 is 6.18 Å². The summed E-state index contributed by atoms with van der Waals surface area (Å²) in [6, 6.07) is 0.840. The first-order chi connectivity index (χ1) is 10.3. The van der Waals surface area contributed by atoms with Crippen LogP contribution in [0.4, 0.5) is 13.2 Å². The van der Waals surface area contributed by atoms with Gasteiger partial charge in [0.1, 0.15) is 0 Å². The minimum absolute atomic E-state index is 0.00252. The van der Waals surface area contributed by atoms with Crippen molar-refractivity contribution in [2.75, 3.05) is 13.1 Å². The molecule has 0 radical (unpaired) electrons. The highest BCUT2D eigenvalue weighted by atomic mass is 19.4. The van der Waals surface area contributed by atoms with E-state index >= 15 is 0 Å². The lowest BCUT2D eigenvalue weighted by Gasteiger charge is -2.41. The van der Waals surface area contributed by atoms with E-state index in [9.17, 15) is 18.0 Å². The third kappa shape index (κ3) is 2.58. The molecule has 1 atom stereocenters. The van der Waals surface area contributed by atoms with Gasteiger partial charge in [0.15, 0.2) is 0 Å². The molecule has 4 nitrogen and oxygen atoms in total. The van der Waals surface area contributed by atoms with Gasteiger partial charge in [-0.3, -0.25) is 9.78 Å². The Kier molecular flexibility index (Phi) is 3.63. The molecule has 2 aliphatic rings. The Morgan fingerprint density at radius 2 is 2.18 bits per heavy atom. The third-order valence-corrected chi connectivity index (χ3v) is 4.96. The molecule has 2 N–H and O–H groups in total. The maximum atomic E-state index is 13.0. The Morgan fingerprint density at radius 3 is 2.73 bits per heavy atom. The van der Waals surface area contributed by atoms with E-state index in [4.69, 9.17) is 5.73 Å². The Bertz CT molecular complexity index is 584. The lowest BCUT2D eigenvalue weighted by molar-refractivity contribution is -0.138. The van der Waals surface area contributed by atoms with E-state index in [1.807, 2.05) is 0 Å². The van der Waals surface area contributed by atoms with Crippen molar-refractivity contribution in [3.05, 3.63) is 29.6 Å². The number of halogens is 3. The number of hydrogen-bond donors (Lipinski definition) is 1. The number of carbonyl (C=O) groups excluding carboxylic acids is 1. The smallest absolute Gasteiger partial charge is 0.340 e. The number of carbonyl (C=O) groups is 1. The van der Waals surface area contributed by atoms with Crippen molar-refractivity contribution in [2.45, 2.75) is 37.9 Å². The van der Waals surface area contributed by atoms with E-state index in [-0.39, 0.29) is 29.3 Å². The predicted molar refractivity (Wildman–Crippen MR) is 73.8 cm³/mol. The van der Waals surface area contributed by atoms with Crippen molar-refractivity contribution >= 4 is 5.91 Å². The fourth-order valence-electron chi connectivity index (χ4n) is 3.46. The van der Waals surface area contributed by atoms with Crippen molar-refractivity contribution in [3.63, 3.8) is 0 Å². The number of rotatable bonds is 2. The van der Waals surface area contributed by atoms with Gasteiger partial charge in [0.25, 0.3) is 0 Å². The normalized spacial score (nSPS) is 23.6. The van der Waals surface area contributed by atoms with Crippen LogP contribution in [0.15, 0.2) is 18.5 Å². The molecule has 2 fully saturated rings. The highest BCUT2D eigenvalue weighted by Crippen LogP contribution is 2.47. The first-order valence-corrected chi connectivity index (χ1v) is 7.35. The summed E-state index contributed by atoms with van der Waals surface area (Å²) in [4.78, 5) is 17.7. The summed E-state index contributed by atoms with van der Waals surface area (Å²) in [5.41, 5.74) is 5.23. The van der Waals surface area contributed by atoms with E-state index in [1.54, 1.807) is 4.90 Å². The Hall–Kier alpha value is -1.63. The first kappa shape index (κ1) is 15.3. The molecular formula is C15H18F3N3O. The van der Waals surface area contributed by atoms with Crippen LogP contribution < -0.4 is 5.73 Å². The Morgan fingerprint density at radius 1 is 1.45 bits per heavy atom. The number of amides is 1. The van der Waals surface area contributed by atoms with Crippen molar-refractivity contribution in [3.8, 4) is 0 Å².